The number of rotatable bonds is 4. The number of hydrogen-bond donors (Lipinski definition) is 2. The van der Waals surface area contributed by atoms with E-state index in [2.05, 4.69) is 41.8 Å². The monoisotopic (exact) mass is 443 g/mol. The Kier molecular flexibility index (Phi) is 5.35. The maximum atomic E-state index is 12.7. The van der Waals surface area contributed by atoms with Crippen molar-refractivity contribution >= 4 is 33.5 Å². The molecule has 140 valence electrons. The van der Waals surface area contributed by atoms with Crippen molar-refractivity contribution in [3.05, 3.63) is 58.7 Å². The molecule has 8 nitrogen and oxygen atoms in total. The van der Waals surface area contributed by atoms with Crippen LogP contribution in [0, 0.1) is 0 Å². The average Bonchev–Trinajstić information content (AvgIpc) is 3.03. The first-order chi connectivity index (χ1) is 12.8. The fourth-order valence-corrected chi connectivity index (χ4v) is 2.23. The zero-order valence-corrected chi connectivity index (χ0v) is 15.0. The van der Waals surface area contributed by atoms with E-state index in [4.69, 9.17) is 4.52 Å². The zero-order valence-electron chi connectivity index (χ0n) is 13.4. The minimum atomic E-state index is -4.50. The summed E-state index contributed by atoms with van der Waals surface area (Å²) >= 11 is 3.22. The van der Waals surface area contributed by atoms with Gasteiger partial charge in [-0.1, -0.05) is 6.07 Å². The van der Waals surface area contributed by atoms with Gasteiger partial charge in [-0.3, -0.25) is 9.84 Å². The fourth-order valence-electron chi connectivity index (χ4n) is 2.02. The van der Waals surface area contributed by atoms with E-state index in [1.807, 2.05) is 0 Å². The third-order valence-electron chi connectivity index (χ3n) is 3.17. The van der Waals surface area contributed by atoms with Gasteiger partial charge < -0.3 is 5.32 Å². The number of nitrogens with zero attached hydrogens (tertiary/aromatic N) is 4. The van der Waals surface area contributed by atoms with Gasteiger partial charge in [-0.15, -0.1) is 0 Å². The summed E-state index contributed by atoms with van der Waals surface area (Å²) in [6.45, 7) is 0.202. The Morgan fingerprint density at radius 2 is 1.96 bits per heavy atom. The van der Waals surface area contributed by atoms with Crippen LogP contribution in [-0.2, 0) is 12.7 Å². The number of nitrogens with one attached hydrogen (secondary N) is 2. The van der Waals surface area contributed by atoms with Gasteiger partial charge in [-0.2, -0.15) is 13.2 Å². The summed E-state index contributed by atoms with van der Waals surface area (Å²) in [4.78, 5) is 20.1. The molecular formula is C15H11BrF3N6O2+. The topological polar surface area (TPSA) is 96.8 Å². The van der Waals surface area contributed by atoms with Crippen LogP contribution in [0.5, 0.6) is 0 Å². The predicted molar refractivity (Wildman–Crippen MR) is 89.6 cm³/mol. The standard InChI is InChI=1S/C15H10BrF3N6O2/c16-10-5-20-12(21-6-10)7-25-8-13(27-24-25)23-14(26)22-11-3-1-2-9(4-11)15(17,18)19/h1-6,8H,7H2,(H-,22,23,24,26)/p+1. The maximum absolute atomic E-state index is 12.7. The first-order valence-corrected chi connectivity index (χ1v) is 8.17. The Labute approximate surface area is 158 Å². The lowest BCUT2D eigenvalue weighted by molar-refractivity contribution is -0.755. The number of amides is 2. The number of hydrogen-bond acceptors (Lipinski definition) is 5. The van der Waals surface area contributed by atoms with Crippen LogP contribution in [-0.4, -0.2) is 21.3 Å². The summed E-state index contributed by atoms with van der Waals surface area (Å²) in [7, 11) is 0. The van der Waals surface area contributed by atoms with Crippen molar-refractivity contribution < 1.29 is 27.2 Å². The molecule has 27 heavy (non-hydrogen) atoms. The Morgan fingerprint density at radius 1 is 1.22 bits per heavy atom. The van der Waals surface area contributed by atoms with Gasteiger partial charge in [0, 0.05) is 18.1 Å². The normalized spacial score (nSPS) is 11.3. The minimum absolute atomic E-state index is 0.00316. The first-order valence-electron chi connectivity index (χ1n) is 7.38. The van der Waals surface area contributed by atoms with Crippen LogP contribution in [0.25, 0.3) is 0 Å². The quantitative estimate of drug-likeness (QED) is 0.603. The molecule has 0 bridgehead atoms. The molecule has 2 N–H and O–H groups in total. The number of carbonyl (C=O) groups is 1. The number of benzene rings is 1. The predicted octanol–water partition coefficient (Wildman–Crippen LogP) is 3.23. The average molecular weight is 444 g/mol. The van der Waals surface area contributed by atoms with Crippen LogP contribution in [0.4, 0.5) is 29.5 Å². The lowest BCUT2D eigenvalue weighted by Gasteiger charge is -2.09. The van der Waals surface area contributed by atoms with Gasteiger partial charge >= 0.3 is 18.1 Å². The molecule has 12 heteroatoms. The van der Waals surface area contributed by atoms with Gasteiger partial charge in [0.2, 0.25) is 11.8 Å². The Morgan fingerprint density at radius 3 is 2.67 bits per heavy atom. The van der Waals surface area contributed by atoms with E-state index in [1.54, 1.807) is 12.4 Å². The molecule has 0 spiro atoms. The fraction of sp³-hybridized carbons (Fsp3) is 0.133. The summed E-state index contributed by atoms with van der Waals surface area (Å²) in [6.07, 6.45) is 0.0339. The van der Waals surface area contributed by atoms with Gasteiger partial charge in [-0.25, -0.2) is 14.8 Å². The molecular weight excluding hydrogens is 433 g/mol. The van der Waals surface area contributed by atoms with Crippen LogP contribution in [0.2, 0.25) is 0 Å². The van der Waals surface area contributed by atoms with Gasteiger partial charge in [0.05, 0.1) is 10.0 Å². The van der Waals surface area contributed by atoms with E-state index in [1.165, 1.54) is 23.0 Å². The third-order valence-corrected chi connectivity index (χ3v) is 3.58. The smallest absolute Gasteiger partial charge is 0.308 e. The number of halogens is 4. The van der Waals surface area contributed by atoms with Gasteiger partial charge in [0.25, 0.3) is 6.20 Å². The first kappa shape index (κ1) is 18.8. The van der Waals surface area contributed by atoms with Crippen molar-refractivity contribution in [1.82, 2.24) is 15.2 Å². The molecule has 0 radical (unpaired) electrons. The van der Waals surface area contributed by atoms with Crippen LogP contribution >= 0.6 is 15.9 Å². The number of carbonyl (C=O) groups excluding carboxylic acids is 1. The minimum Gasteiger partial charge on any atom is -0.308 e. The van der Waals surface area contributed by atoms with Crippen molar-refractivity contribution in [3.8, 4) is 0 Å². The van der Waals surface area contributed by atoms with E-state index in [-0.39, 0.29) is 18.1 Å². The molecule has 0 fully saturated rings. The van der Waals surface area contributed by atoms with Crippen molar-refractivity contribution in [2.24, 2.45) is 0 Å². The highest BCUT2D eigenvalue weighted by Gasteiger charge is 2.30. The molecule has 0 unspecified atom stereocenters. The summed E-state index contributed by atoms with van der Waals surface area (Å²) in [6, 6.07) is 3.48. The van der Waals surface area contributed by atoms with E-state index in [0.29, 0.717) is 5.82 Å². The zero-order chi connectivity index (χ0) is 19.4. The van der Waals surface area contributed by atoms with E-state index in [9.17, 15) is 18.0 Å². The van der Waals surface area contributed by atoms with Crippen molar-refractivity contribution in [1.29, 1.82) is 0 Å². The Hall–Kier alpha value is -3.02. The highest BCUT2D eigenvalue weighted by Crippen LogP contribution is 2.30. The Bertz CT molecular complexity index is 945. The lowest BCUT2D eigenvalue weighted by Crippen LogP contribution is -2.36. The van der Waals surface area contributed by atoms with Crippen LogP contribution in [0.3, 0.4) is 0 Å². The molecule has 0 saturated heterocycles. The highest BCUT2D eigenvalue weighted by molar-refractivity contribution is 9.10. The van der Waals surface area contributed by atoms with E-state index in [0.717, 1.165) is 16.6 Å². The summed E-state index contributed by atoms with van der Waals surface area (Å²) < 4.78 is 45.1. The molecule has 0 saturated carbocycles. The van der Waals surface area contributed by atoms with Crippen molar-refractivity contribution in [3.63, 3.8) is 0 Å². The van der Waals surface area contributed by atoms with Gasteiger partial charge in [-0.05, 0) is 38.8 Å². The summed E-state index contributed by atoms with van der Waals surface area (Å²) in [5, 5.41) is 8.32. The van der Waals surface area contributed by atoms with E-state index < -0.39 is 17.8 Å². The van der Waals surface area contributed by atoms with E-state index >= 15 is 0 Å². The molecule has 1 aromatic carbocycles. The molecule has 2 amide bonds. The van der Waals surface area contributed by atoms with Crippen LogP contribution in [0.15, 0.2) is 51.9 Å². The van der Waals surface area contributed by atoms with Gasteiger partial charge in [0.1, 0.15) is 0 Å². The SMILES string of the molecule is O=C(Nc1cccc(C(F)(F)F)c1)Nc1c[n+](Cc2ncc(Br)cn2)no1. The van der Waals surface area contributed by atoms with Crippen LogP contribution < -0.4 is 15.3 Å². The number of aromatic nitrogens is 4. The number of anilines is 2. The highest BCUT2D eigenvalue weighted by atomic mass is 79.9. The lowest BCUT2D eigenvalue weighted by atomic mass is 10.2. The maximum Gasteiger partial charge on any atom is 0.416 e. The molecule has 3 rings (SSSR count). The van der Waals surface area contributed by atoms with Crippen molar-refractivity contribution in [2.75, 3.05) is 10.6 Å². The molecule has 0 aliphatic heterocycles. The molecule has 0 aliphatic carbocycles. The van der Waals surface area contributed by atoms with Gasteiger partial charge in [0.15, 0.2) is 5.82 Å². The van der Waals surface area contributed by atoms with Crippen LogP contribution in [0.1, 0.15) is 11.4 Å². The number of alkyl halides is 3. The molecule has 0 aliphatic rings. The second-order valence-corrected chi connectivity index (χ2v) is 6.15. The summed E-state index contributed by atoms with van der Waals surface area (Å²) in [5.74, 6) is 0.466. The molecule has 3 aromatic rings. The molecule has 2 heterocycles. The molecule has 0 atom stereocenters. The second kappa shape index (κ2) is 7.70. The largest absolute Gasteiger partial charge is 0.416 e. The number of urea groups is 1. The second-order valence-electron chi connectivity index (χ2n) is 5.24. The Balaban J connectivity index is 1.60. The third kappa shape index (κ3) is 5.23. The molecule has 2 aromatic heterocycles. The summed E-state index contributed by atoms with van der Waals surface area (Å²) in [5.41, 5.74) is -0.884. The van der Waals surface area contributed by atoms with Crippen molar-refractivity contribution in [2.45, 2.75) is 12.7 Å².